The van der Waals surface area contributed by atoms with Gasteiger partial charge in [0.25, 0.3) is 11.6 Å². The molecule has 1 aromatic heterocycles. The molecule has 0 aliphatic carbocycles. The van der Waals surface area contributed by atoms with Crippen LogP contribution in [0.3, 0.4) is 0 Å². The number of carbonyl (C=O) groups is 1. The molecule has 2 N–H and O–H groups in total. The van der Waals surface area contributed by atoms with Gasteiger partial charge in [0.1, 0.15) is 11.3 Å². The zero-order chi connectivity index (χ0) is 19.4. The predicted octanol–water partition coefficient (Wildman–Crippen LogP) is 1.77. The van der Waals surface area contributed by atoms with Gasteiger partial charge in [0.05, 0.1) is 9.85 Å². The Morgan fingerprint density at radius 2 is 1.88 bits per heavy atom. The Bertz CT molecular complexity index is 889. The molecule has 0 saturated heterocycles. The molecule has 2 rings (SSSR count). The van der Waals surface area contributed by atoms with Gasteiger partial charge in [-0.05, 0) is 12.1 Å². The fraction of sp³-hybridized carbons (Fsp3) is 0.154. The molecule has 0 spiro atoms. The third-order valence-electron chi connectivity index (χ3n) is 3.11. The highest BCUT2D eigenvalue weighted by atomic mass is 35.5. The number of amides is 1. The number of hydrazine groups is 1. The van der Waals surface area contributed by atoms with Crippen molar-refractivity contribution in [2.75, 3.05) is 24.4 Å². The molecule has 0 atom stereocenters. The Morgan fingerprint density at radius 1 is 1.19 bits per heavy atom. The largest absolute Gasteiger partial charge is 0.357 e. The highest BCUT2D eigenvalue weighted by molar-refractivity contribution is 6.32. The summed E-state index contributed by atoms with van der Waals surface area (Å²) in [6.45, 7) is 0. The molecule has 0 saturated carbocycles. The second-order valence-corrected chi connectivity index (χ2v) is 5.46. The molecule has 0 radical (unpaired) electrons. The van der Waals surface area contributed by atoms with Gasteiger partial charge in [-0.2, -0.15) is 0 Å². The smallest absolute Gasteiger partial charge is 0.355 e. The molecule has 0 unspecified atom stereocenters. The van der Waals surface area contributed by atoms with Gasteiger partial charge in [0, 0.05) is 25.7 Å². The molecule has 12 nitrogen and oxygen atoms in total. The van der Waals surface area contributed by atoms with Gasteiger partial charge in [0.15, 0.2) is 0 Å². The summed E-state index contributed by atoms with van der Waals surface area (Å²) in [6.07, 6.45) is 1.09. The van der Waals surface area contributed by atoms with E-state index in [1.54, 1.807) is 14.1 Å². The third-order valence-corrected chi connectivity index (χ3v) is 3.43. The average molecular weight is 382 g/mol. The monoisotopic (exact) mass is 381 g/mol. The molecule has 0 bridgehead atoms. The quantitative estimate of drug-likeness (QED) is 0.561. The lowest BCUT2D eigenvalue weighted by atomic mass is 10.2. The first kappa shape index (κ1) is 18.8. The number of nitrogens with one attached hydrogen (secondary N) is 2. The number of nitro groups is 2. The fourth-order valence-electron chi connectivity index (χ4n) is 1.94. The molecule has 0 aliphatic heterocycles. The maximum absolute atomic E-state index is 12.1. The Hall–Kier alpha value is -3.54. The van der Waals surface area contributed by atoms with Crippen LogP contribution >= 0.6 is 11.6 Å². The number of benzene rings is 1. The van der Waals surface area contributed by atoms with Crippen molar-refractivity contribution in [1.29, 1.82) is 0 Å². The Labute approximate surface area is 151 Å². The van der Waals surface area contributed by atoms with Gasteiger partial charge in [0.2, 0.25) is 11.6 Å². The van der Waals surface area contributed by atoms with Crippen LogP contribution in [0.25, 0.3) is 0 Å². The lowest BCUT2D eigenvalue weighted by Gasteiger charge is -2.13. The third kappa shape index (κ3) is 3.92. The number of nitrogens with zero attached hydrogens (tertiary/aromatic N) is 5. The van der Waals surface area contributed by atoms with Gasteiger partial charge in [-0.25, -0.2) is 9.97 Å². The SMILES string of the molecule is CN(C)c1ncnc(NNC(=O)c2ccc(Cl)c([N+](=O)[O-])c2)c1[N+](=O)[O-]. The van der Waals surface area contributed by atoms with Crippen LogP contribution in [-0.2, 0) is 0 Å². The zero-order valence-corrected chi connectivity index (χ0v) is 14.2. The van der Waals surface area contributed by atoms with Crippen molar-refractivity contribution in [3.63, 3.8) is 0 Å². The van der Waals surface area contributed by atoms with Crippen molar-refractivity contribution >= 4 is 40.5 Å². The van der Waals surface area contributed by atoms with Crippen LogP contribution in [0.1, 0.15) is 10.4 Å². The number of halogens is 1. The molecular weight excluding hydrogens is 370 g/mol. The van der Waals surface area contributed by atoms with Crippen LogP contribution in [0.4, 0.5) is 23.0 Å². The highest BCUT2D eigenvalue weighted by Crippen LogP contribution is 2.30. The van der Waals surface area contributed by atoms with E-state index in [-0.39, 0.29) is 22.2 Å². The normalized spacial score (nSPS) is 10.1. The zero-order valence-electron chi connectivity index (χ0n) is 13.5. The summed E-state index contributed by atoms with van der Waals surface area (Å²) in [5.41, 5.74) is 3.57. The lowest BCUT2D eigenvalue weighted by Crippen LogP contribution is -2.30. The summed E-state index contributed by atoms with van der Waals surface area (Å²) in [4.78, 5) is 41.8. The first-order chi connectivity index (χ1) is 12.2. The summed E-state index contributed by atoms with van der Waals surface area (Å²) in [5.74, 6) is -0.988. The second-order valence-electron chi connectivity index (χ2n) is 5.05. The van der Waals surface area contributed by atoms with Crippen LogP contribution in [-0.4, -0.2) is 39.8 Å². The van der Waals surface area contributed by atoms with E-state index in [0.717, 1.165) is 12.4 Å². The molecule has 136 valence electrons. The van der Waals surface area contributed by atoms with E-state index < -0.39 is 27.1 Å². The summed E-state index contributed by atoms with van der Waals surface area (Å²) in [5, 5.41) is 22.0. The summed E-state index contributed by atoms with van der Waals surface area (Å²) in [7, 11) is 3.12. The maximum Gasteiger partial charge on any atom is 0.355 e. The predicted molar refractivity (Wildman–Crippen MR) is 92.2 cm³/mol. The van der Waals surface area contributed by atoms with Crippen LogP contribution in [0.15, 0.2) is 24.5 Å². The van der Waals surface area contributed by atoms with Gasteiger partial charge in [-0.1, -0.05) is 11.6 Å². The lowest BCUT2D eigenvalue weighted by molar-refractivity contribution is -0.384. The van der Waals surface area contributed by atoms with Crippen molar-refractivity contribution in [2.45, 2.75) is 0 Å². The number of carbonyl (C=O) groups excluding carboxylic acids is 1. The van der Waals surface area contributed by atoms with Crippen LogP contribution in [0.5, 0.6) is 0 Å². The van der Waals surface area contributed by atoms with E-state index in [2.05, 4.69) is 20.8 Å². The van der Waals surface area contributed by atoms with Crippen molar-refractivity contribution in [2.24, 2.45) is 0 Å². The van der Waals surface area contributed by atoms with Gasteiger partial charge >= 0.3 is 5.69 Å². The van der Waals surface area contributed by atoms with Crippen LogP contribution in [0, 0.1) is 20.2 Å². The number of nitro benzene ring substituents is 1. The average Bonchev–Trinajstić information content (AvgIpc) is 2.59. The number of rotatable bonds is 6. The first-order valence-corrected chi connectivity index (χ1v) is 7.27. The molecule has 13 heteroatoms. The van der Waals surface area contributed by atoms with Crippen LogP contribution in [0.2, 0.25) is 5.02 Å². The number of anilines is 2. The topological polar surface area (TPSA) is 156 Å². The van der Waals surface area contributed by atoms with E-state index in [1.807, 2.05) is 0 Å². The number of hydrogen-bond acceptors (Lipinski definition) is 9. The fourth-order valence-corrected chi connectivity index (χ4v) is 2.12. The molecule has 1 heterocycles. The Kier molecular flexibility index (Phi) is 5.47. The van der Waals surface area contributed by atoms with Crippen molar-refractivity contribution < 1.29 is 14.6 Å². The Morgan fingerprint density at radius 3 is 2.46 bits per heavy atom. The minimum absolute atomic E-state index is 0.0314. The van der Waals surface area contributed by atoms with E-state index in [4.69, 9.17) is 11.6 Å². The first-order valence-electron chi connectivity index (χ1n) is 6.89. The molecule has 2 aromatic rings. The van der Waals surface area contributed by atoms with Crippen molar-refractivity contribution in [3.05, 3.63) is 55.3 Å². The van der Waals surface area contributed by atoms with Crippen LogP contribution < -0.4 is 15.8 Å². The minimum atomic E-state index is -0.774. The number of hydrogen-bond donors (Lipinski definition) is 2. The molecule has 0 aliphatic rings. The highest BCUT2D eigenvalue weighted by Gasteiger charge is 2.25. The van der Waals surface area contributed by atoms with E-state index in [1.165, 1.54) is 17.0 Å². The van der Waals surface area contributed by atoms with E-state index in [0.29, 0.717) is 0 Å². The summed E-state index contributed by atoms with van der Waals surface area (Å²) < 4.78 is 0. The number of aromatic nitrogens is 2. The molecule has 0 fully saturated rings. The van der Waals surface area contributed by atoms with Gasteiger partial charge in [-0.15, -0.1) is 0 Å². The minimum Gasteiger partial charge on any atom is -0.357 e. The van der Waals surface area contributed by atoms with E-state index in [9.17, 15) is 25.0 Å². The van der Waals surface area contributed by atoms with Crippen molar-refractivity contribution in [3.8, 4) is 0 Å². The van der Waals surface area contributed by atoms with Gasteiger partial charge < -0.3 is 4.90 Å². The summed E-state index contributed by atoms with van der Waals surface area (Å²) >= 11 is 5.69. The molecule has 1 aromatic carbocycles. The van der Waals surface area contributed by atoms with Crippen molar-refractivity contribution in [1.82, 2.24) is 15.4 Å². The standard InChI is InChI=1S/C13H12ClN7O5/c1-19(2)12-10(21(25)26)11(15-6-16-12)17-18-13(22)7-3-4-8(14)9(5-7)20(23)24/h3-6H,1-2H3,(H,18,22)(H,15,16,17). The molecule has 26 heavy (non-hydrogen) atoms. The maximum atomic E-state index is 12.1. The van der Waals surface area contributed by atoms with Gasteiger partial charge in [-0.3, -0.25) is 35.9 Å². The Balaban J connectivity index is 2.25. The second kappa shape index (κ2) is 7.57. The molecule has 1 amide bonds. The molecular formula is C13H12ClN7O5. The summed E-state index contributed by atoms with van der Waals surface area (Å²) in [6, 6.07) is 3.46. The van der Waals surface area contributed by atoms with E-state index >= 15 is 0 Å².